The topological polar surface area (TPSA) is 57.9 Å². The van der Waals surface area contributed by atoms with Crippen molar-refractivity contribution in [2.24, 2.45) is 0 Å². The molecule has 4 rings (SSSR count). The zero-order valence-corrected chi connectivity index (χ0v) is 14.3. The van der Waals surface area contributed by atoms with Gasteiger partial charge in [-0.15, -0.1) is 0 Å². The van der Waals surface area contributed by atoms with Crippen LogP contribution in [0, 0.1) is 0 Å². The quantitative estimate of drug-likeness (QED) is 0.712. The Balaban J connectivity index is 1.92. The largest absolute Gasteiger partial charge is 0.496 e. The number of ether oxygens (including phenoxy) is 3. The summed E-state index contributed by atoms with van der Waals surface area (Å²) in [5.41, 5.74) is 2.64. The van der Waals surface area contributed by atoms with Crippen molar-refractivity contribution in [1.29, 1.82) is 0 Å². The Bertz CT molecular complexity index is 1020. The number of fused-ring (bicyclic) bond motifs is 2. The minimum absolute atomic E-state index is 0.0790. The Morgan fingerprint density at radius 1 is 1.08 bits per heavy atom. The molecule has 0 bridgehead atoms. The lowest BCUT2D eigenvalue weighted by Gasteiger charge is -2.13. The minimum atomic E-state index is -0.0790. The first-order chi connectivity index (χ1) is 12.1. The lowest BCUT2D eigenvalue weighted by Crippen LogP contribution is -2.06. The van der Waals surface area contributed by atoms with E-state index in [0.29, 0.717) is 28.0 Å². The Morgan fingerprint density at radius 2 is 1.88 bits per heavy atom. The normalized spacial score (nSPS) is 12.8. The zero-order valence-electron chi connectivity index (χ0n) is 14.3. The molecule has 2 heterocycles. The number of hydrogen-bond donors (Lipinski definition) is 0. The van der Waals surface area contributed by atoms with Crippen molar-refractivity contribution in [3.8, 4) is 28.4 Å². The van der Waals surface area contributed by atoms with Gasteiger partial charge >= 0.3 is 0 Å². The molecule has 128 valence electrons. The molecule has 3 aromatic rings. The van der Waals surface area contributed by atoms with Crippen LogP contribution in [0.1, 0.15) is 25.3 Å². The third-order valence-electron chi connectivity index (χ3n) is 4.43. The van der Waals surface area contributed by atoms with Gasteiger partial charge in [0.15, 0.2) is 11.5 Å². The van der Waals surface area contributed by atoms with E-state index in [-0.39, 0.29) is 18.1 Å². The van der Waals surface area contributed by atoms with Crippen molar-refractivity contribution in [3.63, 3.8) is 0 Å². The van der Waals surface area contributed by atoms with E-state index < -0.39 is 0 Å². The van der Waals surface area contributed by atoms with Gasteiger partial charge < -0.3 is 18.6 Å². The van der Waals surface area contributed by atoms with Crippen LogP contribution in [0.5, 0.6) is 17.2 Å². The van der Waals surface area contributed by atoms with Crippen molar-refractivity contribution in [2.45, 2.75) is 19.8 Å². The Kier molecular flexibility index (Phi) is 3.64. The summed E-state index contributed by atoms with van der Waals surface area (Å²) in [6.45, 7) is 4.32. The van der Waals surface area contributed by atoms with E-state index in [0.717, 1.165) is 16.9 Å². The maximum absolute atomic E-state index is 13.0. The molecule has 0 saturated heterocycles. The van der Waals surface area contributed by atoms with Crippen molar-refractivity contribution in [1.82, 2.24) is 0 Å². The number of rotatable bonds is 3. The van der Waals surface area contributed by atoms with E-state index >= 15 is 0 Å². The van der Waals surface area contributed by atoms with Gasteiger partial charge in [0.1, 0.15) is 17.6 Å². The average Bonchev–Trinajstić information content (AvgIpc) is 3.08. The van der Waals surface area contributed by atoms with Gasteiger partial charge in [0, 0.05) is 6.07 Å². The van der Waals surface area contributed by atoms with Crippen LogP contribution in [0.3, 0.4) is 0 Å². The lowest BCUT2D eigenvalue weighted by molar-refractivity contribution is 0.174. The fourth-order valence-corrected chi connectivity index (χ4v) is 3.07. The highest BCUT2D eigenvalue weighted by atomic mass is 16.7. The van der Waals surface area contributed by atoms with Crippen molar-refractivity contribution < 1.29 is 18.6 Å². The maximum Gasteiger partial charge on any atom is 0.231 e. The fraction of sp³-hybridized carbons (Fsp3) is 0.250. The molecule has 0 amide bonds. The first-order valence-corrected chi connectivity index (χ1v) is 8.12. The monoisotopic (exact) mass is 338 g/mol. The molecular weight excluding hydrogens is 320 g/mol. The van der Waals surface area contributed by atoms with Gasteiger partial charge in [0.25, 0.3) is 0 Å². The third kappa shape index (κ3) is 2.52. The maximum atomic E-state index is 13.0. The molecule has 0 atom stereocenters. The summed E-state index contributed by atoms with van der Waals surface area (Å²) < 4.78 is 21.9. The molecule has 0 saturated carbocycles. The second-order valence-electron chi connectivity index (χ2n) is 6.29. The summed E-state index contributed by atoms with van der Waals surface area (Å²) in [6, 6.07) is 9.07. The number of benzene rings is 2. The Labute approximate surface area is 144 Å². The molecule has 1 aliphatic heterocycles. The summed E-state index contributed by atoms with van der Waals surface area (Å²) in [7, 11) is 1.62. The summed E-state index contributed by atoms with van der Waals surface area (Å²) in [4.78, 5) is 13.0. The van der Waals surface area contributed by atoms with Crippen LogP contribution < -0.4 is 19.6 Å². The second-order valence-corrected chi connectivity index (χ2v) is 6.29. The van der Waals surface area contributed by atoms with Gasteiger partial charge in [0.05, 0.1) is 18.1 Å². The summed E-state index contributed by atoms with van der Waals surface area (Å²) in [5.74, 6) is 2.27. The van der Waals surface area contributed by atoms with E-state index in [9.17, 15) is 4.79 Å². The molecule has 0 unspecified atom stereocenters. The number of methoxy groups -OCH3 is 1. The Hall–Kier alpha value is -2.95. The first kappa shape index (κ1) is 15.6. The zero-order chi connectivity index (χ0) is 17.6. The number of hydrogen-bond acceptors (Lipinski definition) is 5. The highest BCUT2D eigenvalue weighted by Crippen LogP contribution is 2.36. The Morgan fingerprint density at radius 3 is 2.64 bits per heavy atom. The van der Waals surface area contributed by atoms with E-state index in [1.165, 1.54) is 6.26 Å². The van der Waals surface area contributed by atoms with Gasteiger partial charge in [-0.25, -0.2) is 0 Å². The van der Waals surface area contributed by atoms with Crippen LogP contribution in [0.2, 0.25) is 0 Å². The highest BCUT2D eigenvalue weighted by molar-refractivity contribution is 5.84. The smallest absolute Gasteiger partial charge is 0.231 e. The van der Waals surface area contributed by atoms with Gasteiger partial charge in [-0.3, -0.25) is 4.79 Å². The second kappa shape index (κ2) is 5.84. The predicted molar refractivity (Wildman–Crippen MR) is 94.7 cm³/mol. The highest BCUT2D eigenvalue weighted by Gasteiger charge is 2.18. The van der Waals surface area contributed by atoms with Crippen LogP contribution in [0.15, 0.2) is 45.8 Å². The van der Waals surface area contributed by atoms with E-state index in [1.54, 1.807) is 25.3 Å². The van der Waals surface area contributed by atoms with Crippen LogP contribution in [0.25, 0.3) is 22.1 Å². The fourth-order valence-electron chi connectivity index (χ4n) is 3.07. The van der Waals surface area contributed by atoms with Gasteiger partial charge in [-0.1, -0.05) is 19.9 Å². The van der Waals surface area contributed by atoms with E-state index in [4.69, 9.17) is 18.6 Å². The molecule has 5 nitrogen and oxygen atoms in total. The van der Waals surface area contributed by atoms with Crippen LogP contribution in [-0.4, -0.2) is 13.9 Å². The van der Waals surface area contributed by atoms with Crippen molar-refractivity contribution in [3.05, 3.63) is 52.4 Å². The predicted octanol–water partition coefficient (Wildman–Crippen LogP) is 4.32. The average molecular weight is 338 g/mol. The molecule has 0 radical (unpaired) electrons. The van der Waals surface area contributed by atoms with Gasteiger partial charge in [0.2, 0.25) is 12.2 Å². The summed E-state index contributed by atoms with van der Waals surface area (Å²) in [6.07, 6.45) is 1.48. The molecule has 1 aromatic heterocycles. The molecule has 0 aliphatic carbocycles. The molecular formula is C20H18O5. The summed E-state index contributed by atoms with van der Waals surface area (Å²) >= 11 is 0. The van der Waals surface area contributed by atoms with Crippen molar-refractivity contribution in [2.75, 3.05) is 13.9 Å². The molecule has 2 aromatic carbocycles. The molecule has 1 aliphatic rings. The molecule has 25 heavy (non-hydrogen) atoms. The van der Waals surface area contributed by atoms with E-state index in [1.807, 2.05) is 12.1 Å². The minimum Gasteiger partial charge on any atom is -0.496 e. The van der Waals surface area contributed by atoms with Gasteiger partial charge in [-0.2, -0.15) is 0 Å². The molecule has 5 heteroatoms. The van der Waals surface area contributed by atoms with Crippen LogP contribution in [0.4, 0.5) is 0 Å². The molecule has 0 N–H and O–H groups in total. The summed E-state index contributed by atoms with van der Waals surface area (Å²) in [5, 5.41) is 0.541. The van der Waals surface area contributed by atoms with E-state index in [2.05, 4.69) is 13.8 Å². The van der Waals surface area contributed by atoms with Gasteiger partial charge in [-0.05, 0) is 35.2 Å². The van der Waals surface area contributed by atoms with Crippen molar-refractivity contribution >= 4 is 11.0 Å². The van der Waals surface area contributed by atoms with Crippen LogP contribution in [-0.2, 0) is 0 Å². The first-order valence-electron chi connectivity index (χ1n) is 8.12. The SMILES string of the molecule is COc1cc2occ(-c3ccc4c(c3)OCO4)c(=O)c2cc1C(C)C. The standard InChI is InChI=1S/C20H18O5/c1-11(2)13-7-14-18(8-17(13)22-3)23-9-15(20(14)21)12-4-5-16-19(6-12)25-10-24-16/h4-9,11H,10H2,1-3H3. The lowest BCUT2D eigenvalue weighted by atomic mass is 9.98. The molecule has 0 spiro atoms. The molecule has 0 fully saturated rings. The van der Waals surface area contributed by atoms with Crippen LogP contribution >= 0.6 is 0 Å². The third-order valence-corrected chi connectivity index (χ3v) is 4.43.